The summed E-state index contributed by atoms with van der Waals surface area (Å²) in [4.78, 5) is 69.5. The van der Waals surface area contributed by atoms with Crippen LogP contribution in [-0.2, 0) is 19.1 Å². The number of aliphatic carboxylic acids is 1. The number of carboxylic acids is 1. The molecule has 15 heteroatoms. The minimum absolute atomic E-state index is 0.0207. The number of hydrogen-bond acceptors (Lipinski definition) is 10. The van der Waals surface area contributed by atoms with Crippen LogP contribution in [-0.4, -0.2) is 92.3 Å². The van der Waals surface area contributed by atoms with Crippen LogP contribution in [0, 0.1) is 29.1 Å². The van der Waals surface area contributed by atoms with Crippen molar-refractivity contribution in [3.8, 4) is 22.9 Å². The highest BCUT2D eigenvalue weighted by molar-refractivity contribution is 6.36. The van der Waals surface area contributed by atoms with Gasteiger partial charge in [0.1, 0.15) is 52.0 Å². The second-order valence-corrected chi connectivity index (χ2v) is 17.5. The van der Waals surface area contributed by atoms with Gasteiger partial charge in [0.2, 0.25) is 11.8 Å². The van der Waals surface area contributed by atoms with Crippen LogP contribution in [0.5, 0.6) is 11.5 Å². The average Bonchev–Trinajstić information content (AvgIpc) is 4.00. The smallest absolute Gasteiger partial charge is 0.408 e. The quantitative estimate of drug-likeness (QED) is 0.217. The molecule has 8 rings (SSSR count). The maximum absolute atomic E-state index is 14.7. The van der Waals surface area contributed by atoms with Crippen LogP contribution in [0.1, 0.15) is 65.0 Å². The Kier molecular flexibility index (Phi) is 8.60. The zero-order valence-corrected chi connectivity index (χ0v) is 32.2. The summed E-state index contributed by atoms with van der Waals surface area (Å²) in [6.45, 7) is 11.0. The molecule has 2 aromatic heterocycles. The van der Waals surface area contributed by atoms with Gasteiger partial charge in [0, 0.05) is 30.0 Å². The molecule has 0 spiro atoms. The number of ether oxygens (including phenoxy) is 3. The van der Waals surface area contributed by atoms with E-state index in [1.165, 1.54) is 30.9 Å². The molecule has 55 heavy (non-hydrogen) atoms. The number of benzene rings is 1. The van der Waals surface area contributed by atoms with Crippen LogP contribution in [0.2, 0.25) is 5.02 Å². The number of aromatic nitrogens is 3. The Bertz CT molecular complexity index is 2130. The van der Waals surface area contributed by atoms with Crippen molar-refractivity contribution in [3.05, 3.63) is 54.0 Å². The lowest BCUT2D eigenvalue weighted by Crippen LogP contribution is -2.59. The van der Waals surface area contributed by atoms with Gasteiger partial charge in [-0.1, -0.05) is 38.4 Å². The molecule has 290 valence electrons. The molecule has 3 heterocycles. The molecule has 0 unspecified atom stereocenters. The zero-order chi connectivity index (χ0) is 39.2. The molecule has 14 nitrogen and oxygen atoms in total. The lowest BCUT2D eigenvalue weighted by atomic mass is 9.85. The molecule has 4 saturated carbocycles. The van der Waals surface area contributed by atoms with E-state index < -0.39 is 58.9 Å². The highest BCUT2D eigenvalue weighted by Gasteiger charge is 2.86. The van der Waals surface area contributed by atoms with Crippen molar-refractivity contribution >= 4 is 46.4 Å². The first-order valence-corrected chi connectivity index (χ1v) is 19.0. The Morgan fingerprint density at radius 2 is 1.78 bits per heavy atom. The number of pyridine rings is 1. The van der Waals surface area contributed by atoms with E-state index in [4.69, 9.17) is 30.8 Å². The van der Waals surface area contributed by atoms with E-state index >= 15 is 0 Å². The van der Waals surface area contributed by atoms with Gasteiger partial charge in [0.05, 0.1) is 36.8 Å². The van der Waals surface area contributed by atoms with Crippen LogP contribution in [0.4, 0.5) is 4.79 Å². The van der Waals surface area contributed by atoms with Gasteiger partial charge in [-0.3, -0.25) is 14.6 Å². The molecular formula is C40H45ClN6O8. The van der Waals surface area contributed by atoms with Gasteiger partial charge in [-0.05, 0) is 67.4 Å². The number of aryl methyl sites for hydroxylation is 1. The molecule has 1 saturated heterocycles. The zero-order valence-electron chi connectivity index (χ0n) is 31.5. The lowest BCUT2D eigenvalue weighted by Gasteiger charge is -2.35. The fraction of sp³-hybridized carbons (Fsp3) is 0.525. The fourth-order valence-corrected chi connectivity index (χ4v) is 9.36. The largest absolute Gasteiger partial charge is 0.495 e. The molecule has 1 aliphatic heterocycles. The third-order valence-electron chi connectivity index (χ3n) is 12.4. The summed E-state index contributed by atoms with van der Waals surface area (Å²) in [6, 6.07) is 2.95. The van der Waals surface area contributed by atoms with Gasteiger partial charge >= 0.3 is 12.1 Å². The number of rotatable bonds is 11. The van der Waals surface area contributed by atoms with Crippen LogP contribution in [0.3, 0.4) is 0 Å². The fourth-order valence-electron chi connectivity index (χ4n) is 9.08. The number of fused-ring (bicyclic) bond motifs is 1. The van der Waals surface area contributed by atoms with Crippen LogP contribution in [0.15, 0.2) is 43.2 Å². The Balaban J connectivity index is 1.10. The van der Waals surface area contributed by atoms with E-state index in [0.29, 0.717) is 50.3 Å². The normalized spacial score (nSPS) is 30.4. The monoisotopic (exact) mass is 772 g/mol. The van der Waals surface area contributed by atoms with E-state index in [0.717, 1.165) is 12.8 Å². The van der Waals surface area contributed by atoms with Crippen LogP contribution in [0.25, 0.3) is 22.3 Å². The number of methoxy groups -OCH3 is 1. The van der Waals surface area contributed by atoms with E-state index in [1.54, 1.807) is 30.6 Å². The third-order valence-corrected chi connectivity index (χ3v) is 12.7. The molecule has 5 aliphatic rings. The summed E-state index contributed by atoms with van der Waals surface area (Å²) in [7, 11) is 1.50. The number of carbonyl (C=O) groups is 4. The average molecular weight is 773 g/mol. The Morgan fingerprint density at radius 3 is 2.40 bits per heavy atom. The van der Waals surface area contributed by atoms with E-state index in [1.807, 2.05) is 27.7 Å². The summed E-state index contributed by atoms with van der Waals surface area (Å²) in [6.07, 6.45) is 7.39. The summed E-state index contributed by atoms with van der Waals surface area (Å²) in [5.41, 5.74) is 0.350. The van der Waals surface area contributed by atoms with Crippen molar-refractivity contribution in [2.24, 2.45) is 22.2 Å². The predicted molar refractivity (Wildman–Crippen MR) is 200 cm³/mol. The first-order chi connectivity index (χ1) is 26.0. The molecule has 3 N–H and O–H groups in total. The highest BCUT2D eigenvalue weighted by atomic mass is 35.5. The summed E-state index contributed by atoms with van der Waals surface area (Å²) in [5, 5.41) is 16.5. The maximum atomic E-state index is 14.7. The Labute approximate surface area is 323 Å². The number of carbonyl (C=O) groups excluding carboxylic acids is 3. The lowest BCUT2D eigenvalue weighted by molar-refractivity contribution is -0.146. The van der Waals surface area contributed by atoms with E-state index in [9.17, 15) is 24.3 Å². The first-order valence-electron chi connectivity index (χ1n) is 18.6. The minimum Gasteiger partial charge on any atom is -0.495 e. The number of amides is 3. The van der Waals surface area contributed by atoms with Gasteiger partial charge in [0.25, 0.3) is 0 Å². The number of nitrogens with one attached hydrogen (secondary N) is 2. The third kappa shape index (κ3) is 6.31. The SMILES string of the molecule is C=C[C@@H]1C[C@]1(NC(=O)[C@@H]1C[C@@H](Oc2cc(-c3cncc(C)n3)nc3c(Cl)c(OC)ccc23)CN1C(=O)[C@@H](NC(=O)OC1CC23CC2(C1)C3)C(C)(C)C)C(=O)O. The number of nitrogens with zero attached hydrogens (tertiary/aromatic N) is 4. The van der Waals surface area contributed by atoms with Gasteiger partial charge in [-0.15, -0.1) is 6.58 Å². The number of carboxylic acid groups (broad SMARTS) is 1. The van der Waals surface area contributed by atoms with Gasteiger partial charge in [0.15, 0.2) is 0 Å². The Morgan fingerprint density at radius 1 is 1.05 bits per heavy atom. The molecule has 0 bridgehead atoms. The van der Waals surface area contributed by atoms with Crippen molar-refractivity contribution < 1.29 is 38.5 Å². The standard InChI is InChI=1S/C40H45ClN6O8/c1-7-21-12-40(21,35(50)51)46-33(48)27-10-22(17-47(27)34(49)32(37(3,4)5)45-36(52)55-23-13-38-18-39(38,14-23)19-38)54-29-11-25(26-16-42-15-20(2)43-26)44-31-24(29)8-9-28(53-6)30(31)41/h7-9,11,15-16,21-23,27,32H,1,10,12-14,17-19H2,2-6H3,(H,45,52)(H,46,48)(H,50,51)/t21-,22-,23?,27+,32-,38?,39?,40-/m1/s1. The number of halogens is 1. The number of hydrogen-bond donors (Lipinski definition) is 3. The van der Waals surface area contributed by atoms with E-state index in [-0.39, 0.29) is 30.5 Å². The molecule has 1 aromatic carbocycles. The molecule has 5 atom stereocenters. The maximum Gasteiger partial charge on any atom is 0.408 e. The molecule has 0 radical (unpaired) electrons. The molecule has 5 fully saturated rings. The van der Waals surface area contributed by atoms with Crippen LogP contribution < -0.4 is 20.1 Å². The number of likely N-dealkylation sites (tertiary alicyclic amines) is 1. The van der Waals surface area contributed by atoms with Crippen molar-refractivity contribution in [2.45, 2.75) is 96.1 Å². The van der Waals surface area contributed by atoms with E-state index in [2.05, 4.69) is 27.2 Å². The van der Waals surface area contributed by atoms with Gasteiger partial charge in [-0.2, -0.15) is 0 Å². The topological polar surface area (TPSA) is 182 Å². The molecular weight excluding hydrogens is 728 g/mol. The summed E-state index contributed by atoms with van der Waals surface area (Å²) in [5.74, 6) is -2.05. The van der Waals surface area contributed by atoms with Gasteiger partial charge in [-0.25, -0.2) is 19.6 Å². The first kappa shape index (κ1) is 37.0. The van der Waals surface area contributed by atoms with Crippen molar-refractivity contribution in [1.82, 2.24) is 30.5 Å². The highest BCUT2D eigenvalue weighted by Crippen LogP contribution is 2.93. The Hall–Kier alpha value is -4.98. The summed E-state index contributed by atoms with van der Waals surface area (Å²) >= 11 is 6.77. The van der Waals surface area contributed by atoms with Crippen molar-refractivity contribution in [3.63, 3.8) is 0 Å². The predicted octanol–water partition coefficient (Wildman–Crippen LogP) is 5.24. The summed E-state index contributed by atoms with van der Waals surface area (Å²) < 4.78 is 17.9. The second kappa shape index (κ2) is 12.8. The van der Waals surface area contributed by atoms with Crippen molar-refractivity contribution in [2.75, 3.05) is 13.7 Å². The van der Waals surface area contributed by atoms with Crippen molar-refractivity contribution in [1.29, 1.82) is 0 Å². The number of alkyl carbamates (subject to hydrolysis) is 1. The minimum atomic E-state index is -1.53. The molecule has 3 aromatic rings. The van der Waals surface area contributed by atoms with Crippen LogP contribution >= 0.6 is 11.6 Å². The second-order valence-electron chi connectivity index (χ2n) is 17.1. The van der Waals surface area contributed by atoms with Gasteiger partial charge < -0.3 is 34.9 Å². The molecule has 3 amide bonds. The molecule has 4 aliphatic carbocycles.